The molecule has 1 saturated heterocycles. The van der Waals surface area contributed by atoms with Gasteiger partial charge in [-0.15, -0.1) is 0 Å². The summed E-state index contributed by atoms with van der Waals surface area (Å²) in [6.45, 7) is 7.32. The molecular formula is C19H31N. The van der Waals surface area contributed by atoms with Gasteiger partial charge in [0.25, 0.3) is 0 Å². The van der Waals surface area contributed by atoms with Gasteiger partial charge in [-0.3, -0.25) is 0 Å². The number of piperidine rings is 1. The quantitative estimate of drug-likeness (QED) is 0.703. The first-order chi connectivity index (χ1) is 9.74. The van der Waals surface area contributed by atoms with Crippen LogP contribution >= 0.6 is 0 Å². The molecule has 0 aliphatic carbocycles. The molecule has 1 heterocycles. The third-order valence-corrected chi connectivity index (χ3v) is 5.23. The molecule has 1 N–H and O–H groups in total. The Morgan fingerprint density at radius 2 is 1.95 bits per heavy atom. The number of benzene rings is 1. The van der Waals surface area contributed by atoms with Crippen molar-refractivity contribution in [3.05, 3.63) is 35.9 Å². The van der Waals surface area contributed by atoms with Gasteiger partial charge < -0.3 is 5.32 Å². The largest absolute Gasteiger partial charge is 0.316 e. The molecule has 1 aromatic carbocycles. The number of aryl methyl sites for hydroxylation is 1. The van der Waals surface area contributed by atoms with Crippen LogP contribution in [-0.4, -0.2) is 13.1 Å². The third kappa shape index (κ3) is 4.34. The number of rotatable bonds is 7. The van der Waals surface area contributed by atoms with Crippen LogP contribution in [0.3, 0.4) is 0 Å². The fourth-order valence-corrected chi connectivity index (χ4v) is 3.81. The van der Waals surface area contributed by atoms with E-state index in [-0.39, 0.29) is 0 Å². The number of nitrogens with one attached hydrogen (secondary N) is 1. The number of hydrogen-bond donors (Lipinski definition) is 1. The maximum atomic E-state index is 3.61. The van der Waals surface area contributed by atoms with E-state index >= 15 is 0 Å². The molecule has 0 bridgehead atoms. The zero-order valence-corrected chi connectivity index (χ0v) is 13.3. The molecule has 2 atom stereocenters. The predicted octanol–water partition coefficient (Wildman–Crippen LogP) is 4.82. The molecule has 1 aliphatic rings. The third-order valence-electron chi connectivity index (χ3n) is 5.23. The first kappa shape index (κ1) is 15.6. The molecule has 0 spiro atoms. The molecule has 1 nitrogen and oxygen atoms in total. The summed E-state index contributed by atoms with van der Waals surface area (Å²) in [6, 6.07) is 10.9. The van der Waals surface area contributed by atoms with Crippen molar-refractivity contribution in [1.82, 2.24) is 5.32 Å². The van der Waals surface area contributed by atoms with Crippen molar-refractivity contribution in [2.45, 2.75) is 58.8 Å². The van der Waals surface area contributed by atoms with Gasteiger partial charge in [0.15, 0.2) is 0 Å². The lowest BCUT2D eigenvalue weighted by molar-refractivity contribution is 0.113. The van der Waals surface area contributed by atoms with Crippen LogP contribution in [0.5, 0.6) is 0 Å². The summed E-state index contributed by atoms with van der Waals surface area (Å²) in [5, 5.41) is 3.61. The van der Waals surface area contributed by atoms with Gasteiger partial charge in [0, 0.05) is 6.54 Å². The standard InChI is InChI=1S/C19H31N/c1-3-18-13-15-20-16-19(18,2)14-9-5-8-12-17-10-6-4-7-11-17/h4,6-7,10-11,18,20H,3,5,8-9,12-16H2,1-2H3. The van der Waals surface area contributed by atoms with Crippen LogP contribution in [0.1, 0.15) is 57.9 Å². The molecule has 20 heavy (non-hydrogen) atoms. The number of unbranched alkanes of at least 4 members (excludes halogenated alkanes) is 2. The second kappa shape index (κ2) is 7.83. The Bertz CT molecular complexity index is 373. The van der Waals surface area contributed by atoms with E-state index < -0.39 is 0 Å². The van der Waals surface area contributed by atoms with Gasteiger partial charge in [-0.1, -0.05) is 63.4 Å². The Morgan fingerprint density at radius 1 is 1.15 bits per heavy atom. The van der Waals surface area contributed by atoms with Gasteiger partial charge in [0.1, 0.15) is 0 Å². The van der Waals surface area contributed by atoms with E-state index in [2.05, 4.69) is 49.5 Å². The second-order valence-corrected chi connectivity index (χ2v) is 6.77. The van der Waals surface area contributed by atoms with Crippen LogP contribution in [-0.2, 0) is 6.42 Å². The lowest BCUT2D eigenvalue weighted by Gasteiger charge is -2.42. The molecular weight excluding hydrogens is 242 g/mol. The molecule has 1 aromatic rings. The van der Waals surface area contributed by atoms with Crippen LogP contribution in [0.2, 0.25) is 0 Å². The average Bonchev–Trinajstić information content (AvgIpc) is 2.48. The zero-order valence-electron chi connectivity index (χ0n) is 13.3. The molecule has 0 amide bonds. The van der Waals surface area contributed by atoms with Crippen molar-refractivity contribution in [3.63, 3.8) is 0 Å². The molecule has 1 aliphatic heterocycles. The fourth-order valence-electron chi connectivity index (χ4n) is 3.81. The Morgan fingerprint density at radius 3 is 2.70 bits per heavy atom. The zero-order chi connectivity index (χ0) is 14.3. The Kier molecular flexibility index (Phi) is 6.09. The van der Waals surface area contributed by atoms with Crippen molar-refractivity contribution >= 4 is 0 Å². The van der Waals surface area contributed by atoms with Crippen LogP contribution in [0.4, 0.5) is 0 Å². The summed E-state index contributed by atoms with van der Waals surface area (Å²) in [6.07, 6.45) is 9.46. The summed E-state index contributed by atoms with van der Waals surface area (Å²) < 4.78 is 0. The highest BCUT2D eigenvalue weighted by molar-refractivity contribution is 5.14. The highest BCUT2D eigenvalue weighted by Gasteiger charge is 2.34. The molecule has 1 heteroatoms. The topological polar surface area (TPSA) is 12.0 Å². The number of hydrogen-bond acceptors (Lipinski definition) is 1. The van der Waals surface area contributed by atoms with E-state index in [1.165, 1.54) is 63.6 Å². The fraction of sp³-hybridized carbons (Fsp3) is 0.684. The first-order valence-corrected chi connectivity index (χ1v) is 8.49. The molecule has 0 saturated carbocycles. The highest BCUT2D eigenvalue weighted by atomic mass is 14.9. The summed E-state index contributed by atoms with van der Waals surface area (Å²) in [5.74, 6) is 0.929. The van der Waals surface area contributed by atoms with Crippen molar-refractivity contribution in [2.75, 3.05) is 13.1 Å². The first-order valence-electron chi connectivity index (χ1n) is 8.49. The minimum absolute atomic E-state index is 0.541. The Balaban J connectivity index is 1.67. The van der Waals surface area contributed by atoms with Gasteiger partial charge in [-0.2, -0.15) is 0 Å². The van der Waals surface area contributed by atoms with E-state index in [0.29, 0.717) is 5.41 Å². The van der Waals surface area contributed by atoms with Gasteiger partial charge in [0.05, 0.1) is 0 Å². The maximum absolute atomic E-state index is 3.61. The predicted molar refractivity (Wildman–Crippen MR) is 88.0 cm³/mol. The van der Waals surface area contributed by atoms with Crippen molar-refractivity contribution in [1.29, 1.82) is 0 Å². The lowest BCUT2D eigenvalue weighted by atomic mass is 9.69. The van der Waals surface area contributed by atoms with E-state index in [4.69, 9.17) is 0 Å². The van der Waals surface area contributed by atoms with Crippen LogP contribution in [0.25, 0.3) is 0 Å². The van der Waals surface area contributed by atoms with E-state index in [1.807, 2.05) is 0 Å². The van der Waals surface area contributed by atoms with Crippen molar-refractivity contribution in [3.8, 4) is 0 Å². The molecule has 0 radical (unpaired) electrons. The monoisotopic (exact) mass is 273 g/mol. The Hall–Kier alpha value is -0.820. The van der Waals surface area contributed by atoms with Crippen LogP contribution in [0, 0.1) is 11.3 Å². The normalized spacial score (nSPS) is 26.6. The van der Waals surface area contributed by atoms with Gasteiger partial charge in [-0.05, 0) is 49.1 Å². The smallest absolute Gasteiger partial charge is 0.000782 e. The molecule has 2 rings (SSSR count). The van der Waals surface area contributed by atoms with E-state index in [0.717, 1.165) is 5.92 Å². The summed E-state index contributed by atoms with van der Waals surface area (Å²) in [7, 11) is 0. The lowest BCUT2D eigenvalue weighted by Crippen LogP contribution is -2.44. The summed E-state index contributed by atoms with van der Waals surface area (Å²) >= 11 is 0. The van der Waals surface area contributed by atoms with Crippen LogP contribution < -0.4 is 5.32 Å². The van der Waals surface area contributed by atoms with Crippen molar-refractivity contribution in [2.24, 2.45) is 11.3 Å². The van der Waals surface area contributed by atoms with Crippen LogP contribution in [0.15, 0.2) is 30.3 Å². The van der Waals surface area contributed by atoms with Gasteiger partial charge in [0.2, 0.25) is 0 Å². The molecule has 112 valence electrons. The minimum Gasteiger partial charge on any atom is -0.316 e. The van der Waals surface area contributed by atoms with E-state index in [1.54, 1.807) is 0 Å². The molecule has 2 unspecified atom stereocenters. The molecule has 0 aromatic heterocycles. The van der Waals surface area contributed by atoms with Gasteiger partial charge >= 0.3 is 0 Å². The SMILES string of the molecule is CCC1CCNCC1(C)CCCCCc1ccccc1. The molecule has 1 fully saturated rings. The van der Waals surface area contributed by atoms with Gasteiger partial charge in [-0.25, -0.2) is 0 Å². The summed E-state index contributed by atoms with van der Waals surface area (Å²) in [4.78, 5) is 0. The minimum atomic E-state index is 0.541. The van der Waals surface area contributed by atoms with Crippen molar-refractivity contribution < 1.29 is 0 Å². The highest BCUT2D eigenvalue weighted by Crippen LogP contribution is 2.38. The average molecular weight is 273 g/mol. The van der Waals surface area contributed by atoms with E-state index in [9.17, 15) is 0 Å². The summed E-state index contributed by atoms with van der Waals surface area (Å²) in [5.41, 5.74) is 2.03. The second-order valence-electron chi connectivity index (χ2n) is 6.77. The Labute approximate surface area is 125 Å². The maximum Gasteiger partial charge on any atom is 0.000782 e.